The number of carbonyl (C=O) groups excluding carboxylic acids is 1. The molecule has 1 rings (SSSR count). The van der Waals surface area contributed by atoms with Gasteiger partial charge in [0.05, 0.1) is 23.8 Å². The Bertz CT molecular complexity index is 418. The molecule has 0 radical (unpaired) electrons. The molecule has 5 heteroatoms. The lowest BCUT2D eigenvalue weighted by Crippen LogP contribution is -2.14. The normalized spacial score (nSPS) is 11.0. The molecular weight excluding hydrogens is 332 g/mol. The Morgan fingerprint density at radius 3 is 2.57 bits per heavy atom. The van der Waals surface area contributed by atoms with Crippen molar-refractivity contribution in [1.29, 1.82) is 0 Å². The number of aromatic nitrogens is 2. The summed E-state index contributed by atoms with van der Waals surface area (Å²) in [4.78, 5) is 12.3. The molecule has 0 saturated carbocycles. The molecule has 0 spiro atoms. The largest absolute Gasteiger partial charge is 0.383 e. The zero-order valence-corrected chi connectivity index (χ0v) is 14.8. The van der Waals surface area contributed by atoms with E-state index in [1.807, 2.05) is 0 Å². The fourth-order valence-electron chi connectivity index (χ4n) is 2.35. The molecule has 0 amide bonds. The monoisotopic (exact) mass is 358 g/mol. The van der Waals surface area contributed by atoms with Crippen molar-refractivity contribution < 1.29 is 9.53 Å². The summed E-state index contributed by atoms with van der Waals surface area (Å²) in [5, 5.41) is 4.22. The van der Waals surface area contributed by atoms with E-state index in [4.69, 9.17) is 4.74 Å². The summed E-state index contributed by atoms with van der Waals surface area (Å²) in [5.74, 6) is 0.170. The van der Waals surface area contributed by atoms with Crippen molar-refractivity contribution in [2.24, 2.45) is 0 Å². The highest BCUT2D eigenvalue weighted by molar-refractivity contribution is 9.10. The van der Waals surface area contributed by atoms with Gasteiger partial charge in [0.1, 0.15) is 5.69 Å². The van der Waals surface area contributed by atoms with Crippen LogP contribution in [-0.4, -0.2) is 29.3 Å². The number of rotatable bonds is 12. The van der Waals surface area contributed by atoms with Crippen LogP contribution in [0.4, 0.5) is 0 Å². The third-order valence-corrected chi connectivity index (χ3v) is 4.15. The summed E-state index contributed by atoms with van der Waals surface area (Å²) in [6.45, 7) is 3.40. The highest BCUT2D eigenvalue weighted by Gasteiger charge is 2.16. The second-order valence-electron chi connectivity index (χ2n) is 5.35. The molecule has 0 aliphatic rings. The highest BCUT2D eigenvalue weighted by atomic mass is 79.9. The molecule has 0 unspecified atom stereocenters. The molecule has 21 heavy (non-hydrogen) atoms. The quantitative estimate of drug-likeness (QED) is 0.404. The van der Waals surface area contributed by atoms with Crippen molar-refractivity contribution in [3.05, 3.63) is 16.4 Å². The van der Waals surface area contributed by atoms with Crippen molar-refractivity contribution in [3.63, 3.8) is 0 Å². The topological polar surface area (TPSA) is 44.1 Å². The first-order chi connectivity index (χ1) is 10.2. The summed E-state index contributed by atoms with van der Waals surface area (Å²) in [7, 11) is 1.65. The van der Waals surface area contributed by atoms with Gasteiger partial charge in [0.25, 0.3) is 0 Å². The second kappa shape index (κ2) is 11.0. The maximum Gasteiger partial charge on any atom is 0.182 e. The first-order valence-electron chi connectivity index (χ1n) is 7.94. The number of carbonyl (C=O) groups is 1. The summed E-state index contributed by atoms with van der Waals surface area (Å²) >= 11 is 3.42. The minimum absolute atomic E-state index is 0.170. The number of ether oxygens (including phenoxy) is 1. The van der Waals surface area contributed by atoms with Crippen molar-refractivity contribution >= 4 is 21.7 Å². The SMILES string of the molecule is CCCCCCCCCC(=O)c1c(Br)cnn1CCOC. The average molecular weight is 359 g/mol. The van der Waals surface area contributed by atoms with Crippen molar-refractivity contribution in [3.8, 4) is 0 Å². The molecule has 0 aliphatic heterocycles. The summed E-state index contributed by atoms with van der Waals surface area (Å²) in [5.41, 5.74) is 0.679. The maximum absolute atomic E-state index is 12.3. The first kappa shape index (κ1) is 18.4. The van der Waals surface area contributed by atoms with E-state index in [9.17, 15) is 4.79 Å². The summed E-state index contributed by atoms with van der Waals surface area (Å²) in [6.07, 6.45) is 10.8. The second-order valence-corrected chi connectivity index (χ2v) is 6.21. The fraction of sp³-hybridized carbons (Fsp3) is 0.750. The van der Waals surface area contributed by atoms with E-state index in [0.29, 0.717) is 25.3 Å². The molecule has 120 valence electrons. The number of unbranched alkanes of at least 4 members (excludes halogenated alkanes) is 6. The van der Waals surface area contributed by atoms with Crippen LogP contribution in [0.25, 0.3) is 0 Å². The van der Waals surface area contributed by atoms with Gasteiger partial charge in [-0.15, -0.1) is 0 Å². The van der Waals surface area contributed by atoms with E-state index in [0.717, 1.165) is 17.3 Å². The first-order valence-corrected chi connectivity index (χ1v) is 8.73. The Morgan fingerprint density at radius 1 is 1.24 bits per heavy atom. The molecule has 4 nitrogen and oxygen atoms in total. The zero-order chi connectivity index (χ0) is 15.5. The predicted molar refractivity (Wildman–Crippen MR) is 88.7 cm³/mol. The Balaban J connectivity index is 2.33. The van der Waals surface area contributed by atoms with Crippen LogP contribution in [0.5, 0.6) is 0 Å². The van der Waals surface area contributed by atoms with E-state index >= 15 is 0 Å². The van der Waals surface area contributed by atoms with Gasteiger partial charge in [-0.2, -0.15) is 5.10 Å². The Morgan fingerprint density at radius 2 is 1.90 bits per heavy atom. The van der Waals surface area contributed by atoms with Gasteiger partial charge in [-0.1, -0.05) is 45.4 Å². The van der Waals surface area contributed by atoms with Crippen LogP contribution in [-0.2, 0) is 11.3 Å². The predicted octanol–water partition coefficient (Wildman–Crippen LogP) is 4.62. The molecule has 1 aromatic heterocycles. The minimum Gasteiger partial charge on any atom is -0.383 e. The fourth-order valence-corrected chi connectivity index (χ4v) is 2.87. The molecule has 0 fully saturated rings. The van der Waals surface area contributed by atoms with Crippen LogP contribution < -0.4 is 0 Å². The number of halogens is 1. The number of hydrogen-bond acceptors (Lipinski definition) is 3. The van der Waals surface area contributed by atoms with Crippen LogP contribution in [0.1, 0.15) is 68.8 Å². The average Bonchev–Trinajstić information content (AvgIpc) is 2.85. The smallest absolute Gasteiger partial charge is 0.182 e. The lowest BCUT2D eigenvalue weighted by Gasteiger charge is -2.07. The lowest BCUT2D eigenvalue weighted by atomic mass is 10.1. The van der Waals surface area contributed by atoms with E-state index in [1.165, 1.54) is 32.1 Å². The molecule has 1 heterocycles. The Kier molecular flexibility index (Phi) is 9.59. The van der Waals surface area contributed by atoms with Crippen LogP contribution in [0.3, 0.4) is 0 Å². The third kappa shape index (κ3) is 6.74. The maximum atomic E-state index is 12.3. The van der Waals surface area contributed by atoms with Gasteiger partial charge < -0.3 is 4.74 Å². The highest BCUT2D eigenvalue weighted by Crippen LogP contribution is 2.19. The lowest BCUT2D eigenvalue weighted by molar-refractivity contribution is 0.0964. The van der Waals surface area contributed by atoms with Gasteiger partial charge in [-0.05, 0) is 22.4 Å². The molecule has 0 aliphatic carbocycles. The van der Waals surface area contributed by atoms with Gasteiger partial charge in [0, 0.05) is 13.5 Å². The van der Waals surface area contributed by atoms with Crippen LogP contribution in [0.15, 0.2) is 10.7 Å². The molecule has 0 bridgehead atoms. The Labute approximate surface area is 136 Å². The van der Waals surface area contributed by atoms with Crippen molar-refractivity contribution in [2.45, 2.75) is 64.8 Å². The standard InChI is InChI=1S/C16H27BrN2O2/c1-3-4-5-6-7-8-9-10-15(20)16-14(17)13-18-19(16)11-12-21-2/h13H,3-12H2,1-2H3. The van der Waals surface area contributed by atoms with Crippen LogP contribution in [0, 0.1) is 0 Å². The van der Waals surface area contributed by atoms with Crippen molar-refractivity contribution in [2.75, 3.05) is 13.7 Å². The van der Waals surface area contributed by atoms with Gasteiger partial charge in [-0.3, -0.25) is 9.48 Å². The minimum atomic E-state index is 0.170. The number of hydrogen-bond donors (Lipinski definition) is 0. The van der Waals surface area contributed by atoms with Gasteiger partial charge in [0.2, 0.25) is 0 Å². The number of ketones is 1. The third-order valence-electron chi connectivity index (χ3n) is 3.57. The number of Topliss-reactive ketones (excluding diaryl/α,β-unsaturated/α-hetero) is 1. The van der Waals surface area contributed by atoms with E-state index < -0.39 is 0 Å². The van der Waals surface area contributed by atoms with E-state index in [2.05, 4.69) is 28.0 Å². The van der Waals surface area contributed by atoms with Crippen molar-refractivity contribution in [1.82, 2.24) is 9.78 Å². The number of nitrogens with zero attached hydrogens (tertiary/aromatic N) is 2. The van der Waals surface area contributed by atoms with Crippen LogP contribution >= 0.6 is 15.9 Å². The zero-order valence-electron chi connectivity index (χ0n) is 13.2. The molecule has 0 saturated heterocycles. The summed E-state index contributed by atoms with van der Waals surface area (Å²) in [6, 6.07) is 0. The summed E-state index contributed by atoms with van der Waals surface area (Å²) < 4.78 is 7.56. The van der Waals surface area contributed by atoms with Gasteiger partial charge >= 0.3 is 0 Å². The molecular formula is C16H27BrN2O2. The molecule has 0 aromatic carbocycles. The van der Waals surface area contributed by atoms with E-state index in [1.54, 1.807) is 18.0 Å². The van der Waals surface area contributed by atoms with Crippen LogP contribution in [0.2, 0.25) is 0 Å². The molecule has 0 atom stereocenters. The number of methoxy groups -OCH3 is 1. The van der Waals surface area contributed by atoms with E-state index in [-0.39, 0.29) is 5.78 Å². The van der Waals surface area contributed by atoms with Gasteiger partial charge in [0.15, 0.2) is 5.78 Å². The Hall–Kier alpha value is -0.680. The molecule has 0 N–H and O–H groups in total. The molecule has 1 aromatic rings. The van der Waals surface area contributed by atoms with Gasteiger partial charge in [-0.25, -0.2) is 0 Å².